The van der Waals surface area contributed by atoms with E-state index in [1.54, 1.807) is 0 Å². The van der Waals surface area contributed by atoms with Crippen LogP contribution in [0.2, 0.25) is 0 Å². The number of carbonyl (C=O) groups excluding carboxylic acids is 2. The summed E-state index contributed by atoms with van der Waals surface area (Å²) < 4.78 is 26.4. The molecule has 0 aliphatic carbocycles. The van der Waals surface area contributed by atoms with Crippen molar-refractivity contribution >= 4 is 12.3 Å². The summed E-state index contributed by atoms with van der Waals surface area (Å²) in [7, 11) is 0. The summed E-state index contributed by atoms with van der Waals surface area (Å²) in [5.74, 6) is 0.322. The van der Waals surface area contributed by atoms with E-state index in [1.165, 1.54) is 0 Å². The van der Waals surface area contributed by atoms with Crippen LogP contribution in [0.1, 0.15) is 13.8 Å². The van der Waals surface area contributed by atoms with Crippen molar-refractivity contribution in [2.24, 2.45) is 5.92 Å². The summed E-state index contributed by atoms with van der Waals surface area (Å²) >= 11 is 0. The molecule has 2 amide bonds. The molecule has 0 aliphatic heterocycles. The summed E-state index contributed by atoms with van der Waals surface area (Å²) in [6.45, 7) is 9.47. The maximum atomic E-state index is 11.4. The summed E-state index contributed by atoms with van der Waals surface area (Å²) in [5.41, 5.74) is 0. The maximum absolute atomic E-state index is 11.4. The zero-order valence-corrected chi connectivity index (χ0v) is 16.0. The van der Waals surface area contributed by atoms with Gasteiger partial charge in [0.05, 0.1) is 59.5 Å². The van der Waals surface area contributed by atoms with Crippen LogP contribution in [0.15, 0.2) is 0 Å². The van der Waals surface area contributed by atoms with E-state index in [0.29, 0.717) is 84.9 Å². The fraction of sp³-hybridized carbons (Fsp3) is 0.882. The fourth-order valence-corrected chi connectivity index (χ4v) is 1.60. The van der Waals surface area contributed by atoms with Crippen LogP contribution in [0, 0.1) is 5.92 Å². The zero-order chi connectivity index (χ0) is 19.3. The lowest BCUT2D eigenvalue weighted by atomic mass is 10.2. The average Bonchev–Trinajstić information content (AvgIpc) is 2.62. The van der Waals surface area contributed by atoms with Crippen molar-refractivity contribution in [1.29, 1.82) is 0 Å². The van der Waals surface area contributed by atoms with Crippen LogP contribution in [-0.4, -0.2) is 91.5 Å². The third-order valence-electron chi connectivity index (χ3n) is 2.90. The Morgan fingerprint density at radius 1 is 0.808 bits per heavy atom. The number of nitrogens with one attached hydrogen (secondary N) is 2. The molecule has 0 spiro atoms. The van der Waals surface area contributed by atoms with Crippen LogP contribution < -0.4 is 10.6 Å². The molecule has 0 fully saturated rings. The normalized spacial score (nSPS) is 10.9. The maximum Gasteiger partial charge on any atom is 0.246 e. The molecule has 9 nitrogen and oxygen atoms in total. The van der Waals surface area contributed by atoms with E-state index < -0.39 is 0 Å². The summed E-state index contributed by atoms with van der Waals surface area (Å²) in [5, 5.41) is 5.28. The highest BCUT2D eigenvalue weighted by Crippen LogP contribution is 1.87. The van der Waals surface area contributed by atoms with Crippen molar-refractivity contribution in [3.8, 4) is 0 Å². The number of carbonyl (C=O) groups is 2. The van der Waals surface area contributed by atoms with Crippen molar-refractivity contribution in [2.45, 2.75) is 13.8 Å². The average molecular weight is 378 g/mol. The third kappa shape index (κ3) is 20.8. The largest absolute Gasteiger partial charge is 0.377 e. The van der Waals surface area contributed by atoms with Crippen LogP contribution in [-0.2, 0) is 33.3 Å². The van der Waals surface area contributed by atoms with Gasteiger partial charge >= 0.3 is 0 Å². The Kier molecular flexibility index (Phi) is 19.1. The van der Waals surface area contributed by atoms with Crippen LogP contribution in [0.4, 0.5) is 0 Å². The molecule has 9 heteroatoms. The molecular formula is C17H34N2O7. The first kappa shape index (κ1) is 24.7. The molecule has 0 unspecified atom stereocenters. The van der Waals surface area contributed by atoms with Gasteiger partial charge in [-0.05, 0) is 5.92 Å². The first-order chi connectivity index (χ1) is 12.7. The Hall–Kier alpha value is -1.26. The Labute approximate surface area is 156 Å². The van der Waals surface area contributed by atoms with E-state index in [4.69, 9.17) is 23.7 Å². The number of ether oxygens (including phenoxy) is 5. The van der Waals surface area contributed by atoms with Crippen LogP contribution >= 0.6 is 0 Å². The topological polar surface area (TPSA) is 104 Å². The lowest BCUT2D eigenvalue weighted by molar-refractivity contribution is -0.126. The minimum absolute atomic E-state index is 0.0568. The molecule has 0 aliphatic rings. The SMILES string of the molecule is CC(C)CNC(=O)COCCOCCOCCOCCOCCNC=O. The van der Waals surface area contributed by atoms with Gasteiger partial charge in [-0.25, -0.2) is 0 Å². The molecule has 0 bridgehead atoms. The lowest BCUT2D eigenvalue weighted by Crippen LogP contribution is -2.31. The third-order valence-corrected chi connectivity index (χ3v) is 2.90. The fourth-order valence-electron chi connectivity index (χ4n) is 1.60. The van der Waals surface area contributed by atoms with Gasteiger partial charge in [0.2, 0.25) is 12.3 Å². The first-order valence-corrected chi connectivity index (χ1v) is 8.99. The van der Waals surface area contributed by atoms with Gasteiger partial charge in [0.25, 0.3) is 0 Å². The van der Waals surface area contributed by atoms with Gasteiger partial charge in [-0.1, -0.05) is 13.8 Å². The molecule has 0 heterocycles. The van der Waals surface area contributed by atoms with Gasteiger partial charge in [0.15, 0.2) is 0 Å². The van der Waals surface area contributed by atoms with Gasteiger partial charge in [0.1, 0.15) is 6.61 Å². The molecule has 0 saturated heterocycles. The van der Waals surface area contributed by atoms with Crippen molar-refractivity contribution < 1.29 is 33.3 Å². The van der Waals surface area contributed by atoms with E-state index in [9.17, 15) is 9.59 Å². The van der Waals surface area contributed by atoms with Crippen molar-refractivity contribution in [2.75, 3.05) is 79.2 Å². The van der Waals surface area contributed by atoms with Crippen LogP contribution in [0.25, 0.3) is 0 Å². The van der Waals surface area contributed by atoms with Gasteiger partial charge in [-0.3, -0.25) is 9.59 Å². The highest BCUT2D eigenvalue weighted by atomic mass is 16.6. The van der Waals surface area contributed by atoms with Gasteiger partial charge in [0, 0.05) is 13.1 Å². The summed E-state index contributed by atoms with van der Waals surface area (Å²) in [6, 6.07) is 0. The molecule has 0 aromatic carbocycles. The molecule has 0 atom stereocenters. The van der Waals surface area contributed by atoms with Gasteiger partial charge < -0.3 is 34.3 Å². The van der Waals surface area contributed by atoms with E-state index in [0.717, 1.165) is 0 Å². The Morgan fingerprint density at radius 3 is 1.73 bits per heavy atom. The molecule has 2 N–H and O–H groups in total. The molecule has 154 valence electrons. The Morgan fingerprint density at radius 2 is 1.27 bits per heavy atom. The predicted octanol–water partition coefficient (Wildman–Crippen LogP) is -0.412. The zero-order valence-electron chi connectivity index (χ0n) is 16.0. The lowest BCUT2D eigenvalue weighted by Gasteiger charge is -2.09. The Balaban J connectivity index is 3.09. The van der Waals surface area contributed by atoms with E-state index in [2.05, 4.69) is 10.6 Å². The smallest absolute Gasteiger partial charge is 0.246 e. The van der Waals surface area contributed by atoms with Crippen molar-refractivity contribution in [3.05, 3.63) is 0 Å². The van der Waals surface area contributed by atoms with E-state index >= 15 is 0 Å². The summed E-state index contributed by atoms with van der Waals surface area (Å²) in [4.78, 5) is 21.4. The summed E-state index contributed by atoms with van der Waals surface area (Å²) in [6.07, 6.45) is 0.640. The number of hydrogen-bond donors (Lipinski definition) is 2. The standard InChI is InChI=1S/C17H34N2O7/c1-16(2)13-19-17(21)14-26-12-11-25-10-9-24-8-7-23-6-5-22-4-3-18-15-20/h15-16H,3-14H2,1-2H3,(H,18,20)(H,19,21). The first-order valence-electron chi connectivity index (χ1n) is 8.99. The molecule has 0 aromatic heterocycles. The van der Waals surface area contributed by atoms with Crippen molar-refractivity contribution in [1.82, 2.24) is 10.6 Å². The minimum atomic E-state index is -0.106. The van der Waals surface area contributed by atoms with E-state index in [1.807, 2.05) is 13.8 Å². The van der Waals surface area contributed by atoms with Crippen LogP contribution in [0.3, 0.4) is 0 Å². The number of amides is 2. The quantitative estimate of drug-likeness (QED) is 0.219. The monoisotopic (exact) mass is 378 g/mol. The molecule has 26 heavy (non-hydrogen) atoms. The minimum Gasteiger partial charge on any atom is -0.377 e. The number of rotatable bonds is 20. The van der Waals surface area contributed by atoms with Gasteiger partial charge in [-0.15, -0.1) is 0 Å². The van der Waals surface area contributed by atoms with Gasteiger partial charge in [-0.2, -0.15) is 0 Å². The molecule has 0 aromatic rings. The molecule has 0 rings (SSSR count). The van der Waals surface area contributed by atoms with Crippen molar-refractivity contribution in [3.63, 3.8) is 0 Å². The highest BCUT2D eigenvalue weighted by molar-refractivity contribution is 5.77. The molecule has 0 radical (unpaired) electrons. The molecule has 0 saturated carbocycles. The number of hydrogen-bond acceptors (Lipinski definition) is 7. The van der Waals surface area contributed by atoms with Crippen LogP contribution in [0.5, 0.6) is 0 Å². The second kappa shape index (κ2) is 20.1. The second-order valence-corrected chi connectivity index (χ2v) is 5.77. The Bertz CT molecular complexity index is 330. The second-order valence-electron chi connectivity index (χ2n) is 5.77. The predicted molar refractivity (Wildman–Crippen MR) is 96.0 cm³/mol. The van der Waals surface area contributed by atoms with E-state index in [-0.39, 0.29) is 12.5 Å². The molecular weight excluding hydrogens is 344 g/mol. The highest BCUT2D eigenvalue weighted by Gasteiger charge is 2.01.